The molecule has 1 aliphatic carbocycles. The van der Waals surface area contributed by atoms with Gasteiger partial charge in [-0.1, -0.05) is 73.9 Å². The number of nitrogens with zero attached hydrogens (tertiary/aromatic N) is 3. The summed E-state index contributed by atoms with van der Waals surface area (Å²) in [6, 6.07) is 18.7. The van der Waals surface area contributed by atoms with Gasteiger partial charge in [0.2, 0.25) is 0 Å². The molecule has 13 heteroatoms. The lowest BCUT2D eigenvalue weighted by atomic mass is 9.94. The second kappa shape index (κ2) is 16.3. The van der Waals surface area contributed by atoms with Crippen LogP contribution in [0.4, 0.5) is 41.6 Å². The van der Waals surface area contributed by atoms with E-state index in [0.717, 1.165) is 48.8 Å². The number of benzene rings is 3. The van der Waals surface area contributed by atoms with Gasteiger partial charge in [-0.3, -0.25) is 4.98 Å². The number of pyridine rings is 1. The number of urea groups is 1. The van der Waals surface area contributed by atoms with E-state index in [1.54, 1.807) is 24.3 Å². The van der Waals surface area contributed by atoms with Gasteiger partial charge in [-0.25, -0.2) is 9.59 Å². The highest BCUT2D eigenvalue weighted by Crippen LogP contribution is 2.38. The Balaban J connectivity index is 1.32. The monoisotopic (exact) mass is 740 g/mol. The average molecular weight is 741 g/mol. The van der Waals surface area contributed by atoms with E-state index in [1.807, 2.05) is 62.1 Å². The predicted molar refractivity (Wildman–Crippen MR) is 189 cm³/mol. The number of nitrogens with one attached hydrogen (secondary N) is 1. The number of alkyl halides is 6. The van der Waals surface area contributed by atoms with Gasteiger partial charge >= 0.3 is 24.5 Å². The highest BCUT2D eigenvalue weighted by Gasteiger charge is 2.37. The van der Waals surface area contributed by atoms with Crippen molar-refractivity contribution in [3.05, 3.63) is 119 Å². The van der Waals surface area contributed by atoms with Crippen LogP contribution >= 0.6 is 0 Å². The van der Waals surface area contributed by atoms with Crippen molar-refractivity contribution in [1.82, 2.24) is 14.8 Å². The summed E-state index contributed by atoms with van der Waals surface area (Å²) in [5.74, 6) is 0. The van der Waals surface area contributed by atoms with Crippen molar-refractivity contribution < 1.29 is 40.7 Å². The second-order valence-corrected chi connectivity index (χ2v) is 14.2. The SMILES string of the molecule is CC(C)(C)OC(=O)N(Cc1ccc(-c2ccc(CN(Cc3cccnc3)C(=O)Nc3cc(C(F)(F)F)cc(C(F)(F)F)c3)cc2)cc1)C1CCCCC1. The molecule has 0 radical (unpaired) electrons. The topological polar surface area (TPSA) is 74.8 Å². The predicted octanol–water partition coefficient (Wildman–Crippen LogP) is 11.1. The van der Waals surface area contributed by atoms with Crippen LogP contribution < -0.4 is 5.32 Å². The number of carbonyl (C=O) groups is 2. The molecule has 5 rings (SSSR count). The Morgan fingerprint density at radius 3 is 1.75 bits per heavy atom. The Hall–Kier alpha value is -5.07. The largest absolute Gasteiger partial charge is 0.444 e. The van der Waals surface area contributed by atoms with E-state index in [0.29, 0.717) is 29.8 Å². The molecular formula is C40H42F6N4O3. The van der Waals surface area contributed by atoms with E-state index in [9.17, 15) is 35.9 Å². The first-order chi connectivity index (χ1) is 24.9. The van der Waals surface area contributed by atoms with Crippen molar-refractivity contribution in [3.63, 3.8) is 0 Å². The molecule has 0 bridgehead atoms. The van der Waals surface area contributed by atoms with E-state index >= 15 is 0 Å². The number of carbonyl (C=O) groups excluding carboxylic acids is 2. The van der Waals surface area contributed by atoms with Crippen LogP contribution in [0.25, 0.3) is 11.1 Å². The fraction of sp³-hybridized carbons (Fsp3) is 0.375. The van der Waals surface area contributed by atoms with Gasteiger partial charge in [0, 0.05) is 43.8 Å². The minimum atomic E-state index is -5.06. The molecule has 7 nitrogen and oxygen atoms in total. The molecule has 0 spiro atoms. The van der Waals surface area contributed by atoms with E-state index in [2.05, 4.69) is 10.3 Å². The summed E-state index contributed by atoms with van der Waals surface area (Å²) >= 11 is 0. The first-order valence-corrected chi connectivity index (χ1v) is 17.4. The van der Waals surface area contributed by atoms with Crippen LogP contribution in [-0.2, 0) is 36.7 Å². The van der Waals surface area contributed by atoms with Gasteiger partial charge in [0.1, 0.15) is 5.60 Å². The van der Waals surface area contributed by atoms with Crippen LogP contribution in [0.15, 0.2) is 91.3 Å². The number of ether oxygens (including phenoxy) is 1. The zero-order valence-corrected chi connectivity index (χ0v) is 29.7. The van der Waals surface area contributed by atoms with Crippen molar-refractivity contribution in [3.8, 4) is 11.1 Å². The normalized spacial score (nSPS) is 14.1. The third kappa shape index (κ3) is 11.2. The Labute approximate surface area is 305 Å². The molecule has 1 saturated carbocycles. The van der Waals surface area contributed by atoms with Gasteiger partial charge in [0.25, 0.3) is 0 Å². The number of halogens is 6. The molecule has 1 fully saturated rings. The van der Waals surface area contributed by atoms with Crippen LogP contribution in [-0.4, -0.2) is 38.6 Å². The van der Waals surface area contributed by atoms with Crippen molar-refractivity contribution in [2.24, 2.45) is 0 Å². The molecule has 0 unspecified atom stereocenters. The van der Waals surface area contributed by atoms with Crippen LogP contribution in [0.3, 0.4) is 0 Å². The molecule has 0 atom stereocenters. The number of rotatable bonds is 9. The molecule has 282 valence electrons. The highest BCUT2D eigenvalue weighted by molar-refractivity contribution is 5.89. The van der Waals surface area contributed by atoms with Crippen molar-refractivity contribution >= 4 is 17.8 Å². The van der Waals surface area contributed by atoms with Crippen molar-refractivity contribution in [1.29, 1.82) is 0 Å². The highest BCUT2D eigenvalue weighted by atomic mass is 19.4. The van der Waals surface area contributed by atoms with E-state index < -0.39 is 40.8 Å². The van der Waals surface area contributed by atoms with Crippen LogP contribution in [0, 0.1) is 0 Å². The number of aromatic nitrogens is 1. The first-order valence-electron chi connectivity index (χ1n) is 17.4. The van der Waals surface area contributed by atoms with Crippen molar-refractivity contribution in [2.45, 2.75) is 96.5 Å². The van der Waals surface area contributed by atoms with Gasteiger partial charge in [-0.2, -0.15) is 26.3 Å². The number of anilines is 1. The summed E-state index contributed by atoms with van der Waals surface area (Å²) in [7, 11) is 0. The Bertz CT molecular complexity index is 1800. The van der Waals surface area contributed by atoms with Gasteiger partial charge in [0.15, 0.2) is 0 Å². The van der Waals surface area contributed by atoms with Gasteiger partial charge in [0.05, 0.1) is 11.1 Å². The average Bonchev–Trinajstić information content (AvgIpc) is 3.10. The van der Waals surface area contributed by atoms with Gasteiger partial charge in [-0.15, -0.1) is 0 Å². The maximum atomic E-state index is 13.5. The summed E-state index contributed by atoms with van der Waals surface area (Å²) in [6.45, 7) is 5.96. The number of hydrogen-bond donors (Lipinski definition) is 1. The van der Waals surface area contributed by atoms with Crippen LogP contribution in [0.2, 0.25) is 0 Å². The van der Waals surface area contributed by atoms with E-state index in [-0.39, 0.29) is 31.3 Å². The minimum absolute atomic E-state index is 0.00724. The zero-order chi connectivity index (χ0) is 38.4. The summed E-state index contributed by atoms with van der Waals surface area (Å²) < 4.78 is 86.5. The van der Waals surface area contributed by atoms with Gasteiger partial charge in [-0.05, 0) is 85.7 Å². The van der Waals surface area contributed by atoms with E-state index in [1.165, 1.54) is 17.3 Å². The summed E-state index contributed by atoms with van der Waals surface area (Å²) in [5.41, 5.74) is -0.285. The molecule has 3 aromatic carbocycles. The lowest BCUT2D eigenvalue weighted by Gasteiger charge is -2.35. The van der Waals surface area contributed by atoms with Crippen molar-refractivity contribution in [2.75, 3.05) is 5.32 Å². The fourth-order valence-electron chi connectivity index (χ4n) is 6.22. The maximum Gasteiger partial charge on any atom is 0.416 e. The summed E-state index contributed by atoms with van der Waals surface area (Å²) in [4.78, 5) is 33.8. The molecule has 4 aromatic rings. The molecule has 53 heavy (non-hydrogen) atoms. The molecular weight excluding hydrogens is 698 g/mol. The molecule has 1 heterocycles. The quantitative estimate of drug-likeness (QED) is 0.173. The Kier molecular flexibility index (Phi) is 12.0. The smallest absolute Gasteiger partial charge is 0.416 e. The lowest BCUT2D eigenvalue weighted by molar-refractivity contribution is -0.143. The van der Waals surface area contributed by atoms with E-state index in [4.69, 9.17) is 4.74 Å². The lowest BCUT2D eigenvalue weighted by Crippen LogP contribution is -2.43. The molecule has 0 saturated heterocycles. The molecule has 1 aromatic heterocycles. The minimum Gasteiger partial charge on any atom is -0.444 e. The molecule has 1 N–H and O–H groups in total. The number of amides is 3. The molecule has 1 aliphatic rings. The standard InChI is InChI=1S/C40H42F6N4O3/c1-38(2,3)53-37(52)50(35-9-5-4-6-10-35)26-28-13-17-31(18-14-28)30-15-11-27(12-16-30)24-49(25-29-8-7-19-47-23-29)36(51)48-34-21-32(39(41,42)43)20-33(22-34)40(44,45)46/h7-8,11-23,35H,4-6,9-10,24-26H2,1-3H3,(H,48,51). The third-order valence-corrected chi connectivity index (χ3v) is 8.83. The molecule has 3 amide bonds. The summed E-state index contributed by atoms with van der Waals surface area (Å²) in [5, 5.41) is 2.24. The Morgan fingerprint density at radius 1 is 0.736 bits per heavy atom. The number of hydrogen-bond acceptors (Lipinski definition) is 4. The first kappa shape index (κ1) is 39.1. The third-order valence-electron chi connectivity index (χ3n) is 8.83. The van der Waals surface area contributed by atoms with Crippen LogP contribution in [0.1, 0.15) is 80.7 Å². The zero-order valence-electron chi connectivity index (χ0n) is 29.7. The second-order valence-electron chi connectivity index (χ2n) is 14.2. The van der Waals surface area contributed by atoms with Gasteiger partial charge < -0.3 is 19.9 Å². The fourth-order valence-corrected chi connectivity index (χ4v) is 6.22. The van der Waals surface area contributed by atoms with Crippen LogP contribution in [0.5, 0.6) is 0 Å². The molecule has 0 aliphatic heterocycles. The Morgan fingerprint density at radius 2 is 1.26 bits per heavy atom. The summed E-state index contributed by atoms with van der Waals surface area (Å²) in [6.07, 6.45) is -2.21. The maximum absolute atomic E-state index is 13.5.